The van der Waals surface area contributed by atoms with Gasteiger partial charge in [-0.15, -0.1) is 0 Å². The van der Waals surface area contributed by atoms with Crippen molar-refractivity contribution in [3.05, 3.63) is 161 Å². The minimum Gasteiger partial charge on any atom is -0.488 e. The van der Waals surface area contributed by atoms with E-state index in [0.29, 0.717) is 17.9 Å². The Labute approximate surface area is 376 Å². The molecule has 0 atom stereocenters. The van der Waals surface area contributed by atoms with Crippen molar-refractivity contribution in [1.82, 2.24) is 0 Å². The molecule has 2 aliphatic heterocycles. The Hall–Kier alpha value is -5.63. The van der Waals surface area contributed by atoms with Crippen LogP contribution in [0.5, 0.6) is 5.75 Å². The van der Waals surface area contributed by atoms with Crippen LogP contribution >= 0.6 is 23.5 Å². The summed E-state index contributed by atoms with van der Waals surface area (Å²) in [6, 6.07) is 45.0. The number of anilines is 4. The van der Waals surface area contributed by atoms with Gasteiger partial charge in [-0.05, 0) is 120 Å². The maximum Gasteiger partial charge on any atom is 0.341 e. The van der Waals surface area contributed by atoms with Gasteiger partial charge >= 0.3 is 5.97 Å². The summed E-state index contributed by atoms with van der Waals surface area (Å²) >= 11 is 3.71. The number of esters is 1. The third-order valence-corrected chi connectivity index (χ3v) is 13.7. The Morgan fingerprint density at radius 3 is 1.53 bits per heavy atom. The first-order valence-corrected chi connectivity index (χ1v) is 23.8. The molecule has 0 radical (unpaired) electrons. The molecule has 6 aromatic carbocycles. The maximum atomic E-state index is 12.5. The standard InChI is InChI=1S/C55H56N2O3S2/c1-4-6-8-16-32-56-46-19-11-14-22-51(46)61-53-37-40(28-30-48(53)56)24-26-42-34-43(36-44(35-42)39-60-50-21-13-10-18-45(50)55(58)59-3)27-25-41-29-31-49-54(38-41)62-52-23-15-12-20-47(52)57(49)33-17-9-7-5-2/h10-15,18-31,34-38H,4-9,16-17,32-33,39H2,1-3H3. The van der Waals surface area contributed by atoms with E-state index >= 15 is 0 Å². The fourth-order valence-corrected chi connectivity index (χ4v) is 10.5. The van der Waals surface area contributed by atoms with Crippen molar-refractivity contribution in [3.63, 3.8) is 0 Å². The van der Waals surface area contributed by atoms with E-state index in [9.17, 15) is 4.79 Å². The fraction of sp³-hybridized carbons (Fsp3) is 0.255. The third-order valence-electron chi connectivity index (χ3n) is 11.4. The van der Waals surface area contributed by atoms with Crippen LogP contribution < -0.4 is 14.5 Å². The van der Waals surface area contributed by atoms with Gasteiger partial charge in [-0.3, -0.25) is 0 Å². The SMILES string of the molecule is CCCCCCN1c2ccccc2Sc2cc(C=Cc3cc(C=Cc4ccc5c(c4)Sc4ccccc4N5CCCCCC)cc(COc4ccccc4C(=O)OC)c3)ccc21. The van der Waals surface area contributed by atoms with Crippen LogP contribution in [0.3, 0.4) is 0 Å². The number of fused-ring (bicyclic) bond motifs is 4. The van der Waals surface area contributed by atoms with Crippen molar-refractivity contribution in [2.45, 2.75) is 91.4 Å². The largest absolute Gasteiger partial charge is 0.488 e. The van der Waals surface area contributed by atoms with E-state index in [1.807, 2.05) is 41.7 Å². The average Bonchev–Trinajstić information content (AvgIpc) is 3.31. The molecule has 0 spiro atoms. The molecular weight excluding hydrogens is 801 g/mol. The van der Waals surface area contributed by atoms with Crippen molar-refractivity contribution >= 4 is 76.5 Å². The number of benzene rings is 6. The molecule has 0 saturated carbocycles. The van der Waals surface area contributed by atoms with Gasteiger partial charge in [0.15, 0.2) is 0 Å². The summed E-state index contributed by atoms with van der Waals surface area (Å²) in [6.45, 7) is 6.87. The summed E-state index contributed by atoms with van der Waals surface area (Å²) < 4.78 is 11.3. The van der Waals surface area contributed by atoms with E-state index in [2.05, 4.69) is 151 Å². The lowest BCUT2D eigenvalue weighted by Gasteiger charge is -2.33. The molecule has 2 heterocycles. The Kier molecular flexibility index (Phi) is 14.5. The molecule has 7 heteroatoms. The van der Waals surface area contributed by atoms with Crippen molar-refractivity contribution in [2.24, 2.45) is 0 Å². The Bertz CT molecular complexity index is 2420. The molecule has 0 fully saturated rings. The first-order chi connectivity index (χ1) is 30.5. The zero-order chi connectivity index (χ0) is 42.7. The molecule has 2 aliphatic rings. The highest BCUT2D eigenvalue weighted by molar-refractivity contribution is 8.00. The minimum atomic E-state index is -0.418. The van der Waals surface area contributed by atoms with Crippen molar-refractivity contribution in [1.29, 1.82) is 0 Å². The van der Waals surface area contributed by atoms with Crippen molar-refractivity contribution in [3.8, 4) is 5.75 Å². The molecule has 316 valence electrons. The number of nitrogens with zero attached hydrogens (tertiary/aromatic N) is 2. The zero-order valence-electron chi connectivity index (χ0n) is 36.1. The minimum absolute atomic E-state index is 0.294. The Balaban J connectivity index is 1.07. The van der Waals surface area contributed by atoms with Crippen LogP contribution in [0.1, 0.15) is 103 Å². The normalized spacial score (nSPS) is 12.9. The van der Waals surface area contributed by atoms with E-state index in [1.165, 1.54) is 101 Å². The highest BCUT2D eigenvalue weighted by Crippen LogP contribution is 2.50. The number of para-hydroxylation sites is 3. The Morgan fingerprint density at radius 2 is 1.00 bits per heavy atom. The predicted octanol–water partition coefficient (Wildman–Crippen LogP) is 15.8. The third kappa shape index (κ3) is 10.3. The molecule has 62 heavy (non-hydrogen) atoms. The van der Waals surface area contributed by atoms with Gasteiger partial charge in [0.2, 0.25) is 0 Å². The summed E-state index contributed by atoms with van der Waals surface area (Å²) in [7, 11) is 1.39. The number of rotatable bonds is 18. The zero-order valence-corrected chi connectivity index (χ0v) is 37.8. The van der Waals surface area contributed by atoms with Gasteiger partial charge in [0.05, 0.1) is 29.9 Å². The van der Waals surface area contributed by atoms with Crippen LogP contribution in [0, 0.1) is 0 Å². The molecule has 0 unspecified atom stereocenters. The average molecular weight is 857 g/mol. The summed E-state index contributed by atoms with van der Waals surface area (Å²) in [5, 5.41) is 0. The molecule has 0 aliphatic carbocycles. The lowest BCUT2D eigenvalue weighted by Crippen LogP contribution is -2.22. The smallest absolute Gasteiger partial charge is 0.341 e. The fourth-order valence-electron chi connectivity index (χ4n) is 8.22. The molecule has 0 bridgehead atoms. The summed E-state index contributed by atoms with van der Waals surface area (Å²) in [5.74, 6) is 0.0796. The second-order valence-corrected chi connectivity index (χ2v) is 18.1. The highest BCUT2D eigenvalue weighted by Gasteiger charge is 2.24. The van der Waals surface area contributed by atoms with Crippen LogP contribution in [0.2, 0.25) is 0 Å². The van der Waals surface area contributed by atoms with Gasteiger partial charge in [0.1, 0.15) is 17.9 Å². The molecule has 0 amide bonds. The second kappa shape index (κ2) is 21.0. The molecule has 5 nitrogen and oxygen atoms in total. The van der Waals surface area contributed by atoms with E-state index in [-0.39, 0.29) is 0 Å². The lowest BCUT2D eigenvalue weighted by atomic mass is 10.0. The molecule has 0 aromatic heterocycles. The van der Waals surface area contributed by atoms with Crippen molar-refractivity contribution < 1.29 is 14.3 Å². The van der Waals surface area contributed by atoms with E-state index in [1.54, 1.807) is 6.07 Å². The number of unbranched alkanes of at least 4 members (excludes halogenated alkanes) is 6. The summed E-state index contributed by atoms with van der Waals surface area (Å²) in [5.41, 5.74) is 11.0. The molecule has 6 aromatic rings. The first-order valence-electron chi connectivity index (χ1n) is 22.2. The topological polar surface area (TPSA) is 42.0 Å². The van der Waals surface area contributed by atoms with E-state index < -0.39 is 5.97 Å². The van der Waals surface area contributed by atoms with Crippen LogP contribution in [0.15, 0.2) is 147 Å². The summed E-state index contributed by atoms with van der Waals surface area (Å²) in [6.07, 6.45) is 18.7. The number of carbonyl (C=O) groups is 1. The second-order valence-electron chi connectivity index (χ2n) is 16.0. The molecule has 8 rings (SSSR count). The first kappa shape index (κ1) is 43.0. The van der Waals surface area contributed by atoms with Crippen LogP contribution in [-0.4, -0.2) is 26.2 Å². The Morgan fingerprint density at radius 1 is 0.516 bits per heavy atom. The van der Waals surface area contributed by atoms with Gasteiger partial charge in [-0.25, -0.2) is 4.79 Å². The van der Waals surface area contributed by atoms with Gasteiger partial charge in [-0.1, -0.05) is 149 Å². The van der Waals surface area contributed by atoms with Gasteiger partial charge in [0.25, 0.3) is 0 Å². The van der Waals surface area contributed by atoms with Gasteiger partial charge in [0, 0.05) is 32.7 Å². The number of carbonyl (C=O) groups excluding carboxylic acids is 1. The monoisotopic (exact) mass is 856 g/mol. The number of ether oxygens (including phenoxy) is 2. The molecule has 0 N–H and O–H groups in total. The van der Waals surface area contributed by atoms with E-state index in [0.717, 1.165) is 40.9 Å². The number of hydrogen-bond acceptors (Lipinski definition) is 7. The lowest BCUT2D eigenvalue weighted by molar-refractivity contribution is 0.0595. The maximum absolute atomic E-state index is 12.5. The highest BCUT2D eigenvalue weighted by atomic mass is 32.2. The van der Waals surface area contributed by atoms with Crippen LogP contribution in [0.25, 0.3) is 24.3 Å². The van der Waals surface area contributed by atoms with Gasteiger partial charge in [-0.2, -0.15) is 0 Å². The van der Waals surface area contributed by atoms with Crippen molar-refractivity contribution in [2.75, 3.05) is 30.0 Å². The van der Waals surface area contributed by atoms with Crippen LogP contribution in [-0.2, 0) is 11.3 Å². The van der Waals surface area contributed by atoms with E-state index in [4.69, 9.17) is 9.47 Å². The summed E-state index contributed by atoms with van der Waals surface area (Å²) in [4.78, 5) is 22.7. The number of hydrogen-bond donors (Lipinski definition) is 0. The quantitative estimate of drug-likeness (QED) is 0.0484. The molecule has 0 saturated heterocycles. The molecular formula is C55H56N2O3S2. The predicted molar refractivity (Wildman–Crippen MR) is 263 cm³/mol. The van der Waals surface area contributed by atoms with Gasteiger partial charge < -0.3 is 19.3 Å². The van der Waals surface area contributed by atoms with Crippen LogP contribution in [0.4, 0.5) is 22.7 Å². The number of methoxy groups -OCH3 is 1.